The van der Waals surface area contributed by atoms with Gasteiger partial charge in [0.2, 0.25) is 5.82 Å². The lowest BCUT2D eigenvalue weighted by Gasteiger charge is -2.07. The average Bonchev–Trinajstić information content (AvgIpc) is 2.16. The molecule has 16 heavy (non-hydrogen) atoms. The maximum absolute atomic E-state index is 13.5. The Bertz CT molecular complexity index is 408. The van der Waals surface area contributed by atoms with Gasteiger partial charge in [-0.05, 0) is 25.8 Å². The predicted octanol–water partition coefficient (Wildman–Crippen LogP) is 2.15. The van der Waals surface area contributed by atoms with Crippen LogP contribution in [0.3, 0.4) is 0 Å². The summed E-state index contributed by atoms with van der Waals surface area (Å²) in [7, 11) is 0. The number of benzene rings is 1. The highest BCUT2D eigenvalue weighted by Crippen LogP contribution is 2.24. The molecule has 2 N–H and O–H groups in total. The van der Waals surface area contributed by atoms with Crippen LogP contribution >= 0.6 is 0 Å². The van der Waals surface area contributed by atoms with Crippen molar-refractivity contribution in [3.05, 3.63) is 39.4 Å². The first-order valence-corrected chi connectivity index (χ1v) is 4.80. The van der Waals surface area contributed by atoms with Gasteiger partial charge >= 0.3 is 5.69 Å². The normalized spacial score (nSPS) is 12.5. The molecule has 0 unspecified atom stereocenters. The monoisotopic (exact) mass is 230 g/mol. The molecule has 0 spiro atoms. The lowest BCUT2D eigenvalue weighted by Crippen LogP contribution is -2.16. The van der Waals surface area contributed by atoms with E-state index in [1.54, 1.807) is 6.92 Å². The van der Waals surface area contributed by atoms with Crippen LogP contribution in [-0.4, -0.2) is 11.0 Å². The number of hydrogen-bond acceptors (Lipinski definition) is 3. The number of nitro groups is 1. The van der Waals surface area contributed by atoms with Gasteiger partial charge in [0.25, 0.3) is 0 Å². The van der Waals surface area contributed by atoms with Gasteiger partial charge in [-0.3, -0.25) is 10.1 Å². The fourth-order valence-electron chi connectivity index (χ4n) is 1.33. The van der Waals surface area contributed by atoms with E-state index in [-0.39, 0.29) is 18.0 Å². The minimum Gasteiger partial charge on any atom is -0.328 e. The molecular formula is C10H12F2N2O2. The van der Waals surface area contributed by atoms with E-state index in [4.69, 9.17) is 5.73 Å². The first-order chi connectivity index (χ1) is 7.43. The second kappa shape index (κ2) is 4.98. The first kappa shape index (κ1) is 12.5. The Morgan fingerprint density at radius 2 is 2.12 bits per heavy atom. The van der Waals surface area contributed by atoms with Crippen LogP contribution in [0.15, 0.2) is 12.1 Å². The Labute approximate surface area is 91.2 Å². The molecule has 1 rings (SSSR count). The summed E-state index contributed by atoms with van der Waals surface area (Å²) in [6.45, 7) is 1.70. The highest BCUT2D eigenvalue weighted by Gasteiger charge is 2.20. The Hall–Kier alpha value is -1.56. The SMILES string of the molecule is C[C@@H](N)CCc1c(F)ccc([N+](=O)[O-])c1F. The minimum absolute atomic E-state index is 0.0526. The van der Waals surface area contributed by atoms with Gasteiger partial charge in [-0.15, -0.1) is 0 Å². The fraction of sp³-hybridized carbons (Fsp3) is 0.400. The van der Waals surface area contributed by atoms with Gasteiger partial charge < -0.3 is 5.73 Å². The standard InChI is InChI=1S/C10H12F2N2O2/c1-6(13)2-3-7-8(11)4-5-9(10(7)12)14(15)16/h4-6H,2-3,13H2,1H3/t6-/m1/s1. The van der Waals surface area contributed by atoms with E-state index in [2.05, 4.69) is 0 Å². The van der Waals surface area contributed by atoms with E-state index in [1.807, 2.05) is 0 Å². The Balaban J connectivity index is 3.06. The van der Waals surface area contributed by atoms with E-state index < -0.39 is 22.2 Å². The van der Waals surface area contributed by atoms with Crippen LogP contribution in [0.2, 0.25) is 0 Å². The highest BCUT2D eigenvalue weighted by molar-refractivity contribution is 5.37. The summed E-state index contributed by atoms with van der Waals surface area (Å²) in [5.41, 5.74) is 4.48. The molecule has 6 heteroatoms. The van der Waals surface area contributed by atoms with Crippen molar-refractivity contribution >= 4 is 5.69 Å². The van der Waals surface area contributed by atoms with Crippen molar-refractivity contribution in [1.29, 1.82) is 0 Å². The van der Waals surface area contributed by atoms with E-state index in [9.17, 15) is 18.9 Å². The van der Waals surface area contributed by atoms with Crippen molar-refractivity contribution in [1.82, 2.24) is 0 Å². The quantitative estimate of drug-likeness (QED) is 0.636. The number of hydrogen-bond donors (Lipinski definition) is 1. The van der Waals surface area contributed by atoms with Gasteiger partial charge in [0.15, 0.2) is 0 Å². The molecular weight excluding hydrogens is 218 g/mol. The maximum Gasteiger partial charge on any atom is 0.305 e. The third-order valence-corrected chi connectivity index (χ3v) is 2.21. The number of nitro benzene ring substituents is 1. The van der Waals surface area contributed by atoms with Gasteiger partial charge in [0.05, 0.1) is 4.92 Å². The summed E-state index contributed by atoms with van der Waals surface area (Å²) in [6, 6.07) is 1.51. The van der Waals surface area contributed by atoms with Crippen molar-refractivity contribution in [2.24, 2.45) is 5.73 Å². The lowest BCUT2D eigenvalue weighted by atomic mass is 10.0. The van der Waals surface area contributed by atoms with Crippen LogP contribution in [0.5, 0.6) is 0 Å². The summed E-state index contributed by atoms with van der Waals surface area (Å²) in [5.74, 6) is -1.88. The molecule has 0 amide bonds. The molecule has 4 nitrogen and oxygen atoms in total. The second-order valence-corrected chi connectivity index (χ2v) is 3.63. The molecule has 0 saturated carbocycles. The van der Waals surface area contributed by atoms with Crippen LogP contribution in [0.25, 0.3) is 0 Å². The second-order valence-electron chi connectivity index (χ2n) is 3.63. The van der Waals surface area contributed by atoms with E-state index in [0.29, 0.717) is 6.42 Å². The molecule has 0 radical (unpaired) electrons. The van der Waals surface area contributed by atoms with Crippen molar-refractivity contribution in [3.63, 3.8) is 0 Å². The summed E-state index contributed by atoms with van der Waals surface area (Å²) >= 11 is 0. The molecule has 0 aliphatic heterocycles. The molecule has 0 aromatic heterocycles. The van der Waals surface area contributed by atoms with E-state index in [0.717, 1.165) is 12.1 Å². The van der Waals surface area contributed by atoms with Crippen LogP contribution in [0, 0.1) is 21.7 Å². The van der Waals surface area contributed by atoms with Crippen LogP contribution < -0.4 is 5.73 Å². The molecule has 0 saturated heterocycles. The van der Waals surface area contributed by atoms with E-state index in [1.165, 1.54) is 0 Å². The van der Waals surface area contributed by atoms with Crippen LogP contribution in [0.1, 0.15) is 18.9 Å². The summed E-state index contributed by atoms with van der Waals surface area (Å²) < 4.78 is 26.8. The van der Waals surface area contributed by atoms with Crippen molar-refractivity contribution in [2.45, 2.75) is 25.8 Å². The Morgan fingerprint density at radius 1 is 1.50 bits per heavy atom. The topological polar surface area (TPSA) is 69.2 Å². The number of rotatable bonds is 4. The van der Waals surface area contributed by atoms with E-state index >= 15 is 0 Å². The van der Waals surface area contributed by atoms with Crippen molar-refractivity contribution < 1.29 is 13.7 Å². The summed E-state index contributed by atoms with van der Waals surface area (Å²) in [4.78, 5) is 9.57. The van der Waals surface area contributed by atoms with Crippen LogP contribution in [-0.2, 0) is 6.42 Å². The van der Waals surface area contributed by atoms with Crippen molar-refractivity contribution in [3.8, 4) is 0 Å². The molecule has 0 aliphatic carbocycles. The minimum atomic E-state index is -1.11. The van der Waals surface area contributed by atoms with Gasteiger partial charge in [-0.1, -0.05) is 0 Å². The largest absolute Gasteiger partial charge is 0.328 e. The molecule has 0 fully saturated rings. The number of nitrogens with two attached hydrogens (primary N) is 1. The molecule has 1 aromatic carbocycles. The van der Waals surface area contributed by atoms with Crippen molar-refractivity contribution in [2.75, 3.05) is 0 Å². The molecule has 88 valence electrons. The Morgan fingerprint density at radius 3 is 2.62 bits per heavy atom. The zero-order chi connectivity index (χ0) is 12.3. The zero-order valence-electron chi connectivity index (χ0n) is 8.74. The first-order valence-electron chi connectivity index (χ1n) is 4.80. The van der Waals surface area contributed by atoms with Gasteiger partial charge in [-0.2, -0.15) is 4.39 Å². The summed E-state index contributed by atoms with van der Waals surface area (Å²) in [5, 5.41) is 10.4. The lowest BCUT2D eigenvalue weighted by molar-refractivity contribution is -0.387. The average molecular weight is 230 g/mol. The number of halogens is 2. The maximum atomic E-state index is 13.5. The molecule has 0 aliphatic rings. The molecule has 0 heterocycles. The predicted molar refractivity (Wildman–Crippen MR) is 55.0 cm³/mol. The summed E-state index contributed by atoms with van der Waals surface area (Å²) in [6.07, 6.45) is 0.423. The molecule has 1 aromatic rings. The number of nitrogens with zero attached hydrogens (tertiary/aromatic N) is 1. The highest BCUT2D eigenvalue weighted by atomic mass is 19.1. The molecule has 0 bridgehead atoms. The smallest absolute Gasteiger partial charge is 0.305 e. The van der Waals surface area contributed by atoms with Gasteiger partial charge in [0.1, 0.15) is 5.82 Å². The molecule has 1 atom stereocenters. The van der Waals surface area contributed by atoms with Crippen LogP contribution in [0.4, 0.5) is 14.5 Å². The third kappa shape index (κ3) is 2.73. The third-order valence-electron chi connectivity index (χ3n) is 2.21. The van der Waals surface area contributed by atoms with Gasteiger partial charge in [0, 0.05) is 17.7 Å². The van der Waals surface area contributed by atoms with Gasteiger partial charge in [-0.25, -0.2) is 4.39 Å². The zero-order valence-corrected chi connectivity index (χ0v) is 8.74. The Kier molecular flexibility index (Phi) is 3.89. The fourth-order valence-corrected chi connectivity index (χ4v) is 1.33.